The molecule has 2 aromatic rings. The molecule has 8 heteroatoms. The second kappa shape index (κ2) is 8.28. The van der Waals surface area contributed by atoms with Crippen molar-refractivity contribution in [3.05, 3.63) is 27.1 Å². The lowest BCUT2D eigenvalue weighted by molar-refractivity contribution is 0.0647. The third-order valence-corrected chi connectivity index (χ3v) is 6.09. The van der Waals surface area contributed by atoms with Crippen molar-refractivity contribution < 1.29 is 9.53 Å². The maximum atomic E-state index is 13.0. The van der Waals surface area contributed by atoms with Gasteiger partial charge in [-0.05, 0) is 26.0 Å². The van der Waals surface area contributed by atoms with Crippen molar-refractivity contribution in [2.45, 2.75) is 27.3 Å². The molecule has 0 atom stereocenters. The summed E-state index contributed by atoms with van der Waals surface area (Å²) in [7, 11) is 0. The summed E-state index contributed by atoms with van der Waals surface area (Å²) in [4.78, 5) is 35.6. The van der Waals surface area contributed by atoms with Gasteiger partial charge in [0, 0.05) is 32.8 Å². The summed E-state index contributed by atoms with van der Waals surface area (Å²) in [5, 5.41) is 0.560. The number of likely N-dealkylation sites (N-methyl/N-ethyl adjacent to an activating group) is 1. The van der Waals surface area contributed by atoms with Gasteiger partial charge in [0.05, 0.1) is 29.7 Å². The van der Waals surface area contributed by atoms with Crippen LogP contribution in [0.5, 0.6) is 0 Å². The van der Waals surface area contributed by atoms with Gasteiger partial charge in [0.2, 0.25) is 0 Å². The molecule has 142 valence electrons. The lowest BCUT2D eigenvalue weighted by Gasteiger charge is -2.33. The van der Waals surface area contributed by atoms with Crippen molar-refractivity contribution in [1.29, 1.82) is 0 Å². The highest BCUT2D eigenvalue weighted by Gasteiger charge is 2.26. The number of thiophene rings is 1. The van der Waals surface area contributed by atoms with Crippen molar-refractivity contribution in [3.63, 3.8) is 0 Å². The average Bonchev–Trinajstić information content (AvgIpc) is 3.00. The molecule has 3 rings (SSSR count). The highest BCUT2D eigenvalue weighted by Crippen LogP contribution is 2.28. The molecule has 0 saturated carbocycles. The zero-order chi connectivity index (χ0) is 18.7. The smallest absolute Gasteiger partial charge is 0.264 e. The standard InChI is InChI=1S/C18H26N4O3S/c1-4-20-6-8-21(9-7-20)18(24)15-13(3)14-16(26-15)19-12-22(17(14)23)10-11-25-5-2/h12H,4-11H2,1-3H3. The highest BCUT2D eigenvalue weighted by atomic mass is 32.1. The van der Waals surface area contributed by atoms with Gasteiger partial charge < -0.3 is 14.5 Å². The third-order valence-electron chi connectivity index (χ3n) is 4.90. The SMILES string of the molecule is CCOCCn1cnc2sc(C(=O)N3CCN(CC)CC3)c(C)c2c1=O. The van der Waals surface area contributed by atoms with Crippen LogP contribution in [-0.2, 0) is 11.3 Å². The normalized spacial score (nSPS) is 15.7. The van der Waals surface area contributed by atoms with Gasteiger partial charge >= 0.3 is 0 Å². The lowest BCUT2D eigenvalue weighted by atomic mass is 10.2. The Morgan fingerprint density at radius 3 is 2.65 bits per heavy atom. The van der Waals surface area contributed by atoms with E-state index in [0.717, 1.165) is 38.3 Å². The first kappa shape index (κ1) is 19.0. The van der Waals surface area contributed by atoms with E-state index in [1.807, 2.05) is 18.7 Å². The molecule has 1 saturated heterocycles. The molecule has 0 spiro atoms. The second-order valence-corrected chi connectivity index (χ2v) is 7.40. The van der Waals surface area contributed by atoms with E-state index in [1.54, 1.807) is 10.9 Å². The minimum absolute atomic E-state index is 0.0153. The summed E-state index contributed by atoms with van der Waals surface area (Å²) >= 11 is 1.32. The summed E-state index contributed by atoms with van der Waals surface area (Å²) in [5.74, 6) is 0.0153. The Balaban J connectivity index is 1.86. The number of aryl methyl sites for hydroxylation is 1. The van der Waals surface area contributed by atoms with E-state index < -0.39 is 0 Å². The van der Waals surface area contributed by atoms with Gasteiger partial charge in [-0.3, -0.25) is 14.2 Å². The maximum Gasteiger partial charge on any atom is 0.264 e. The molecule has 1 amide bonds. The number of carbonyl (C=O) groups excluding carboxylic acids is 1. The summed E-state index contributed by atoms with van der Waals surface area (Å²) in [5.41, 5.74) is 0.648. The summed E-state index contributed by atoms with van der Waals surface area (Å²) in [6, 6.07) is 0. The minimum atomic E-state index is -0.0988. The van der Waals surface area contributed by atoms with Crippen LogP contribution in [0.15, 0.2) is 11.1 Å². The fourth-order valence-electron chi connectivity index (χ4n) is 3.24. The second-order valence-electron chi connectivity index (χ2n) is 6.40. The van der Waals surface area contributed by atoms with Crippen LogP contribution in [0, 0.1) is 6.92 Å². The van der Waals surface area contributed by atoms with Crippen LogP contribution in [0.3, 0.4) is 0 Å². The number of ether oxygens (including phenoxy) is 1. The van der Waals surface area contributed by atoms with E-state index in [9.17, 15) is 9.59 Å². The van der Waals surface area contributed by atoms with Crippen LogP contribution < -0.4 is 5.56 Å². The van der Waals surface area contributed by atoms with Crippen LogP contribution in [0.1, 0.15) is 29.1 Å². The van der Waals surface area contributed by atoms with Gasteiger partial charge in [0.1, 0.15) is 4.83 Å². The number of carbonyl (C=O) groups is 1. The van der Waals surface area contributed by atoms with Gasteiger partial charge in [-0.2, -0.15) is 0 Å². The van der Waals surface area contributed by atoms with E-state index >= 15 is 0 Å². The third kappa shape index (κ3) is 3.67. The van der Waals surface area contributed by atoms with Crippen LogP contribution in [0.4, 0.5) is 0 Å². The topological polar surface area (TPSA) is 67.7 Å². The van der Waals surface area contributed by atoms with Crippen molar-refractivity contribution in [2.75, 3.05) is 45.9 Å². The van der Waals surface area contributed by atoms with Crippen LogP contribution in [0.2, 0.25) is 0 Å². The number of nitrogens with zero attached hydrogens (tertiary/aromatic N) is 4. The van der Waals surface area contributed by atoms with Crippen LogP contribution in [0.25, 0.3) is 10.2 Å². The number of aromatic nitrogens is 2. The molecule has 2 aromatic heterocycles. The van der Waals surface area contributed by atoms with E-state index in [2.05, 4.69) is 16.8 Å². The van der Waals surface area contributed by atoms with Crippen LogP contribution in [-0.4, -0.2) is 71.2 Å². The predicted octanol–water partition coefficient (Wildman–Crippen LogP) is 1.58. The fourth-order valence-corrected chi connectivity index (χ4v) is 4.35. The minimum Gasteiger partial charge on any atom is -0.380 e. The average molecular weight is 378 g/mol. The van der Waals surface area contributed by atoms with Crippen molar-refractivity contribution in [1.82, 2.24) is 19.4 Å². The molecule has 0 radical (unpaired) electrons. The molecule has 0 aliphatic carbocycles. The summed E-state index contributed by atoms with van der Waals surface area (Å²) < 4.78 is 6.89. The Morgan fingerprint density at radius 1 is 1.27 bits per heavy atom. The zero-order valence-corrected chi connectivity index (χ0v) is 16.5. The van der Waals surface area contributed by atoms with Gasteiger partial charge in [-0.25, -0.2) is 4.98 Å². The Morgan fingerprint density at radius 2 is 2.00 bits per heavy atom. The quantitative estimate of drug-likeness (QED) is 0.714. The summed E-state index contributed by atoms with van der Waals surface area (Å²) in [6.45, 7) is 11.7. The number of fused-ring (bicyclic) bond motifs is 1. The largest absolute Gasteiger partial charge is 0.380 e. The van der Waals surface area contributed by atoms with E-state index in [4.69, 9.17) is 4.74 Å². The van der Waals surface area contributed by atoms with E-state index in [0.29, 0.717) is 34.9 Å². The first-order chi connectivity index (χ1) is 12.6. The molecule has 1 aliphatic rings. The monoisotopic (exact) mass is 378 g/mol. The van der Waals surface area contributed by atoms with Crippen molar-refractivity contribution in [2.24, 2.45) is 0 Å². The molecule has 0 N–H and O–H groups in total. The fraction of sp³-hybridized carbons (Fsp3) is 0.611. The predicted molar refractivity (Wildman–Crippen MR) is 103 cm³/mol. The first-order valence-corrected chi connectivity index (χ1v) is 9.96. The Kier molecular flexibility index (Phi) is 6.05. The van der Waals surface area contributed by atoms with Crippen LogP contribution >= 0.6 is 11.3 Å². The number of hydrogen-bond acceptors (Lipinski definition) is 6. The number of amides is 1. The number of piperazine rings is 1. The highest BCUT2D eigenvalue weighted by molar-refractivity contribution is 7.20. The molecule has 7 nitrogen and oxygen atoms in total. The molecular formula is C18H26N4O3S. The zero-order valence-electron chi connectivity index (χ0n) is 15.7. The molecule has 0 aromatic carbocycles. The number of hydrogen-bond donors (Lipinski definition) is 0. The molecular weight excluding hydrogens is 352 g/mol. The Labute approximate surface area is 157 Å². The van der Waals surface area contributed by atoms with E-state index in [1.165, 1.54) is 11.3 Å². The Bertz CT molecular complexity index is 837. The summed E-state index contributed by atoms with van der Waals surface area (Å²) in [6.07, 6.45) is 1.55. The van der Waals surface area contributed by atoms with Gasteiger partial charge in [-0.15, -0.1) is 11.3 Å². The molecule has 0 bridgehead atoms. The van der Waals surface area contributed by atoms with E-state index in [-0.39, 0.29) is 11.5 Å². The molecule has 26 heavy (non-hydrogen) atoms. The van der Waals surface area contributed by atoms with Gasteiger partial charge in [0.25, 0.3) is 11.5 Å². The maximum absolute atomic E-state index is 13.0. The number of rotatable bonds is 6. The van der Waals surface area contributed by atoms with Gasteiger partial charge in [-0.1, -0.05) is 6.92 Å². The molecule has 0 unspecified atom stereocenters. The molecule has 3 heterocycles. The van der Waals surface area contributed by atoms with Gasteiger partial charge in [0.15, 0.2) is 0 Å². The lowest BCUT2D eigenvalue weighted by Crippen LogP contribution is -2.48. The molecule has 1 aliphatic heterocycles. The van der Waals surface area contributed by atoms with Crippen molar-refractivity contribution >= 4 is 27.5 Å². The first-order valence-electron chi connectivity index (χ1n) is 9.14. The molecule has 1 fully saturated rings. The van der Waals surface area contributed by atoms with Crippen molar-refractivity contribution in [3.8, 4) is 0 Å². The Hall–Kier alpha value is -1.77.